The van der Waals surface area contributed by atoms with Gasteiger partial charge in [0.2, 0.25) is 0 Å². The Kier molecular flexibility index (Phi) is 7.15. The average Bonchev–Trinajstić information content (AvgIpc) is 2.36. The third-order valence-corrected chi connectivity index (χ3v) is 4.76. The zero-order valence-corrected chi connectivity index (χ0v) is 15.6. The van der Waals surface area contributed by atoms with Crippen LogP contribution in [0.25, 0.3) is 0 Å². The number of hydrogen-bond donors (Lipinski definition) is 1. The van der Waals surface area contributed by atoms with Crippen LogP contribution in [-0.4, -0.2) is 60.6 Å². The Labute approximate surface area is 133 Å². The van der Waals surface area contributed by atoms with Crippen LogP contribution in [0.2, 0.25) is 0 Å². The summed E-state index contributed by atoms with van der Waals surface area (Å²) in [6.07, 6.45) is 2.57. The molecule has 0 aliphatic carbocycles. The van der Waals surface area contributed by atoms with Gasteiger partial charge in [-0.3, -0.25) is 9.80 Å². The van der Waals surface area contributed by atoms with Crippen molar-refractivity contribution >= 4 is 0 Å². The van der Waals surface area contributed by atoms with Crippen molar-refractivity contribution in [3.63, 3.8) is 0 Å². The second-order valence-corrected chi connectivity index (χ2v) is 8.38. The Morgan fingerprint density at radius 3 is 2.24 bits per heavy atom. The highest BCUT2D eigenvalue weighted by atomic mass is 15.3. The van der Waals surface area contributed by atoms with Crippen molar-refractivity contribution in [3.8, 4) is 0 Å². The summed E-state index contributed by atoms with van der Waals surface area (Å²) in [6, 6.07) is 0.699. The fourth-order valence-electron chi connectivity index (χ4n) is 3.53. The first kappa shape index (κ1) is 18.9. The zero-order valence-electron chi connectivity index (χ0n) is 15.6. The Morgan fingerprint density at radius 2 is 1.76 bits per heavy atom. The normalized spacial score (nSPS) is 25.0. The predicted octanol–water partition coefficient (Wildman–Crippen LogP) is 3.21. The van der Waals surface area contributed by atoms with Crippen LogP contribution in [0.1, 0.15) is 61.3 Å². The molecule has 0 aromatic carbocycles. The lowest BCUT2D eigenvalue weighted by Gasteiger charge is -2.44. The summed E-state index contributed by atoms with van der Waals surface area (Å²) in [7, 11) is 0. The number of likely N-dealkylation sites (N-methyl/N-ethyl adjacent to an activating group) is 1. The van der Waals surface area contributed by atoms with Crippen molar-refractivity contribution in [1.82, 2.24) is 15.1 Å². The van der Waals surface area contributed by atoms with Gasteiger partial charge < -0.3 is 5.32 Å². The van der Waals surface area contributed by atoms with Crippen molar-refractivity contribution in [1.29, 1.82) is 0 Å². The van der Waals surface area contributed by atoms with Crippen LogP contribution in [0.5, 0.6) is 0 Å². The Morgan fingerprint density at radius 1 is 1.10 bits per heavy atom. The van der Waals surface area contributed by atoms with Gasteiger partial charge in [0, 0.05) is 44.3 Å². The molecular formula is C18H39N3. The zero-order chi connectivity index (χ0) is 16.1. The minimum Gasteiger partial charge on any atom is -0.311 e. The summed E-state index contributed by atoms with van der Waals surface area (Å²) in [5.41, 5.74) is 0.597. The Bertz CT molecular complexity index is 297. The molecule has 2 atom stereocenters. The van der Waals surface area contributed by atoms with E-state index >= 15 is 0 Å². The Hall–Kier alpha value is -0.120. The molecule has 0 bridgehead atoms. The van der Waals surface area contributed by atoms with Gasteiger partial charge in [0.15, 0.2) is 0 Å². The van der Waals surface area contributed by atoms with E-state index in [1.165, 1.54) is 45.6 Å². The topological polar surface area (TPSA) is 18.5 Å². The van der Waals surface area contributed by atoms with Gasteiger partial charge in [0.05, 0.1) is 0 Å². The molecular weight excluding hydrogens is 258 g/mol. The number of nitrogens with one attached hydrogen (secondary N) is 1. The molecule has 1 aliphatic rings. The third kappa shape index (κ3) is 6.66. The van der Waals surface area contributed by atoms with Crippen LogP contribution in [0.15, 0.2) is 0 Å². The van der Waals surface area contributed by atoms with Crippen LogP contribution in [0.3, 0.4) is 0 Å². The second kappa shape index (κ2) is 7.94. The van der Waals surface area contributed by atoms with Gasteiger partial charge in [-0.2, -0.15) is 0 Å². The van der Waals surface area contributed by atoms with Crippen molar-refractivity contribution < 1.29 is 0 Å². The molecule has 126 valence electrons. The summed E-state index contributed by atoms with van der Waals surface area (Å²) in [5.74, 6) is 0. The number of hydrogen-bond acceptors (Lipinski definition) is 3. The molecule has 2 unspecified atom stereocenters. The van der Waals surface area contributed by atoms with Crippen LogP contribution in [0.4, 0.5) is 0 Å². The van der Waals surface area contributed by atoms with E-state index in [9.17, 15) is 0 Å². The molecule has 0 spiro atoms. The van der Waals surface area contributed by atoms with Gasteiger partial charge in [0.25, 0.3) is 0 Å². The van der Waals surface area contributed by atoms with Crippen LogP contribution < -0.4 is 5.32 Å². The average molecular weight is 298 g/mol. The first-order chi connectivity index (χ1) is 9.69. The molecule has 1 saturated heterocycles. The molecule has 3 nitrogen and oxygen atoms in total. The summed E-state index contributed by atoms with van der Waals surface area (Å²) in [4.78, 5) is 5.29. The number of nitrogens with zero attached hydrogens (tertiary/aromatic N) is 2. The van der Waals surface area contributed by atoms with Gasteiger partial charge in [-0.25, -0.2) is 0 Å². The molecule has 21 heavy (non-hydrogen) atoms. The molecule has 0 saturated carbocycles. The lowest BCUT2D eigenvalue weighted by molar-refractivity contribution is 0.0530. The van der Waals surface area contributed by atoms with Crippen LogP contribution in [0, 0.1) is 5.41 Å². The fourth-order valence-corrected chi connectivity index (χ4v) is 3.53. The van der Waals surface area contributed by atoms with Crippen molar-refractivity contribution in [3.05, 3.63) is 0 Å². The highest BCUT2D eigenvalue weighted by Crippen LogP contribution is 2.26. The van der Waals surface area contributed by atoms with E-state index in [1.807, 2.05) is 0 Å². The van der Waals surface area contributed by atoms with E-state index in [0.717, 1.165) is 6.54 Å². The summed E-state index contributed by atoms with van der Waals surface area (Å²) >= 11 is 0. The maximum atomic E-state index is 3.73. The van der Waals surface area contributed by atoms with E-state index in [4.69, 9.17) is 0 Å². The lowest BCUT2D eigenvalue weighted by atomic mass is 9.83. The van der Waals surface area contributed by atoms with Crippen molar-refractivity contribution in [2.24, 2.45) is 5.41 Å². The quantitative estimate of drug-likeness (QED) is 0.778. The van der Waals surface area contributed by atoms with E-state index in [2.05, 4.69) is 63.6 Å². The molecule has 3 heteroatoms. The summed E-state index contributed by atoms with van der Waals surface area (Å²) in [5, 5.41) is 3.73. The second-order valence-electron chi connectivity index (χ2n) is 8.38. The van der Waals surface area contributed by atoms with E-state index in [1.54, 1.807) is 0 Å². The molecule has 0 aromatic rings. The first-order valence-corrected chi connectivity index (χ1v) is 8.90. The van der Waals surface area contributed by atoms with Gasteiger partial charge in [-0.05, 0) is 46.1 Å². The maximum absolute atomic E-state index is 3.73. The maximum Gasteiger partial charge on any atom is 0.0195 e. The fraction of sp³-hybridized carbons (Fsp3) is 1.00. The molecule has 1 rings (SSSR count). The first-order valence-electron chi connectivity index (χ1n) is 8.90. The van der Waals surface area contributed by atoms with Gasteiger partial charge in [-0.15, -0.1) is 0 Å². The van der Waals surface area contributed by atoms with Crippen LogP contribution in [-0.2, 0) is 0 Å². The summed E-state index contributed by atoms with van der Waals surface area (Å²) in [6.45, 7) is 23.4. The van der Waals surface area contributed by atoms with Gasteiger partial charge in [0.1, 0.15) is 0 Å². The highest BCUT2D eigenvalue weighted by molar-refractivity contribution is 4.87. The Balaban J connectivity index is 2.57. The molecule has 1 N–H and O–H groups in total. The lowest BCUT2D eigenvalue weighted by Crippen LogP contribution is -2.55. The monoisotopic (exact) mass is 297 g/mol. The smallest absolute Gasteiger partial charge is 0.0195 e. The van der Waals surface area contributed by atoms with E-state index in [-0.39, 0.29) is 5.54 Å². The molecule has 1 fully saturated rings. The summed E-state index contributed by atoms with van der Waals surface area (Å²) < 4.78 is 0. The molecule has 0 amide bonds. The SMILES string of the molecule is CCCC(C)(CNC(C)(C)C)CN1CCN(CC)C(C)C1. The van der Waals surface area contributed by atoms with Crippen molar-refractivity contribution in [2.45, 2.75) is 72.9 Å². The molecule has 1 aliphatic heterocycles. The standard InChI is InChI=1S/C18H39N3/c1-8-10-18(7,14-19-17(4,5)6)15-20-11-12-21(9-2)16(3)13-20/h16,19H,8-15H2,1-7H3. The largest absolute Gasteiger partial charge is 0.311 e. The minimum absolute atomic E-state index is 0.212. The van der Waals surface area contributed by atoms with Crippen molar-refractivity contribution in [2.75, 3.05) is 39.3 Å². The van der Waals surface area contributed by atoms with E-state index in [0.29, 0.717) is 11.5 Å². The highest BCUT2D eigenvalue weighted by Gasteiger charge is 2.31. The molecule has 1 heterocycles. The van der Waals surface area contributed by atoms with Crippen LogP contribution >= 0.6 is 0 Å². The van der Waals surface area contributed by atoms with Gasteiger partial charge >= 0.3 is 0 Å². The number of rotatable bonds is 7. The third-order valence-electron chi connectivity index (χ3n) is 4.76. The number of piperazine rings is 1. The van der Waals surface area contributed by atoms with Gasteiger partial charge in [-0.1, -0.05) is 27.2 Å². The molecule has 0 aromatic heterocycles. The molecule has 0 radical (unpaired) electrons. The van der Waals surface area contributed by atoms with E-state index < -0.39 is 0 Å². The predicted molar refractivity (Wildman–Crippen MR) is 93.9 cm³/mol. The minimum atomic E-state index is 0.212.